The van der Waals surface area contributed by atoms with Gasteiger partial charge in [0.05, 0.1) is 5.69 Å². The highest BCUT2D eigenvalue weighted by Crippen LogP contribution is 1.70. The molecule has 0 saturated carbocycles. The SMILES string of the molecule is C=c1onc(C)c1=C. The lowest BCUT2D eigenvalue weighted by molar-refractivity contribution is 0.391. The number of hydrogen-bond donors (Lipinski definition) is 0. The van der Waals surface area contributed by atoms with E-state index in [-0.39, 0.29) is 0 Å². The molecule has 1 heterocycles. The van der Waals surface area contributed by atoms with Crippen LogP contribution >= 0.6 is 0 Å². The van der Waals surface area contributed by atoms with E-state index in [0.717, 1.165) is 10.9 Å². The van der Waals surface area contributed by atoms with E-state index >= 15 is 0 Å². The first kappa shape index (κ1) is 5.09. The standard InChI is InChI=1S/C6H7NO/c1-4-5(2)7-8-6(4)3/h1,3H2,2H3. The summed E-state index contributed by atoms with van der Waals surface area (Å²) in [6.07, 6.45) is 0. The van der Waals surface area contributed by atoms with Gasteiger partial charge >= 0.3 is 0 Å². The van der Waals surface area contributed by atoms with Crippen LogP contribution in [0.4, 0.5) is 0 Å². The van der Waals surface area contributed by atoms with E-state index in [4.69, 9.17) is 0 Å². The Morgan fingerprint density at radius 3 is 2.25 bits per heavy atom. The molecule has 2 heteroatoms. The Kier molecular flexibility index (Phi) is 0.938. The van der Waals surface area contributed by atoms with Gasteiger partial charge in [-0.2, -0.15) is 0 Å². The summed E-state index contributed by atoms with van der Waals surface area (Å²) >= 11 is 0. The van der Waals surface area contributed by atoms with Gasteiger partial charge in [-0.05, 0) is 6.92 Å². The fourth-order valence-corrected chi connectivity index (χ4v) is 0.436. The van der Waals surface area contributed by atoms with Crippen molar-refractivity contribution in [2.45, 2.75) is 6.92 Å². The molecule has 0 N–H and O–H groups in total. The summed E-state index contributed by atoms with van der Waals surface area (Å²) in [7, 11) is 0. The van der Waals surface area contributed by atoms with Crippen LogP contribution in [-0.2, 0) is 0 Å². The summed E-state index contributed by atoms with van der Waals surface area (Å²) < 4.78 is 4.67. The Hall–Kier alpha value is -1.05. The van der Waals surface area contributed by atoms with Crippen molar-refractivity contribution in [2.75, 3.05) is 0 Å². The highest BCUT2D eigenvalue weighted by Gasteiger charge is 1.89. The van der Waals surface area contributed by atoms with Crippen LogP contribution in [0.5, 0.6) is 0 Å². The Balaban J connectivity index is 3.66. The molecule has 0 saturated heterocycles. The minimum atomic E-state index is 0.558. The fourth-order valence-electron chi connectivity index (χ4n) is 0.436. The van der Waals surface area contributed by atoms with Gasteiger partial charge in [-0.15, -0.1) is 0 Å². The number of rotatable bonds is 0. The van der Waals surface area contributed by atoms with E-state index in [9.17, 15) is 0 Å². The van der Waals surface area contributed by atoms with Gasteiger partial charge in [-0.3, -0.25) is 0 Å². The topological polar surface area (TPSA) is 26.0 Å². The lowest BCUT2D eigenvalue weighted by atomic mass is 10.4. The first-order valence-electron chi connectivity index (χ1n) is 2.32. The molecule has 0 unspecified atom stereocenters. The van der Waals surface area contributed by atoms with E-state index < -0.39 is 0 Å². The predicted octanol–water partition coefficient (Wildman–Crippen LogP) is -0.196. The second kappa shape index (κ2) is 1.47. The number of hydrogen-bond acceptors (Lipinski definition) is 2. The van der Waals surface area contributed by atoms with Crippen molar-refractivity contribution in [2.24, 2.45) is 0 Å². The number of aryl methyl sites for hydroxylation is 1. The van der Waals surface area contributed by atoms with Gasteiger partial charge in [-0.1, -0.05) is 18.3 Å². The van der Waals surface area contributed by atoms with E-state index in [0.29, 0.717) is 5.42 Å². The largest absolute Gasteiger partial charge is 0.357 e. The van der Waals surface area contributed by atoms with Crippen molar-refractivity contribution in [1.82, 2.24) is 5.16 Å². The zero-order chi connectivity index (χ0) is 6.15. The number of nitrogens with zero attached hydrogens (tertiary/aromatic N) is 1. The number of aromatic nitrogens is 1. The maximum atomic E-state index is 4.67. The van der Waals surface area contributed by atoms with Crippen LogP contribution in [0.1, 0.15) is 5.69 Å². The smallest absolute Gasteiger partial charge is 0.159 e. The molecule has 0 spiro atoms. The molecule has 0 aliphatic rings. The third kappa shape index (κ3) is 0.541. The molecule has 0 aromatic carbocycles. The molecule has 0 radical (unpaired) electrons. The molecule has 1 aromatic heterocycles. The minimum Gasteiger partial charge on any atom is -0.357 e. The van der Waals surface area contributed by atoms with Gasteiger partial charge in [0.15, 0.2) is 5.42 Å². The average Bonchev–Trinajstić information content (AvgIpc) is 1.98. The first-order chi connectivity index (χ1) is 3.72. The summed E-state index contributed by atoms with van der Waals surface area (Å²) in [5.41, 5.74) is 1.37. The minimum absolute atomic E-state index is 0.558. The van der Waals surface area contributed by atoms with E-state index in [1.165, 1.54) is 0 Å². The van der Waals surface area contributed by atoms with Gasteiger partial charge in [-0.25, -0.2) is 0 Å². The zero-order valence-electron chi connectivity index (χ0n) is 4.77. The van der Waals surface area contributed by atoms with Crippen molar-refractivity contribution < 1.29 is 4.52 Å². The lowest BCUT2D eigenvalue weighted by Gasteiger charge is -1.66. The van der Waals surface area contributed by atoms with Crippen molar-refractivity contribution in [3.63, 3.8) is 0 Å². The van der Waals surface area contributed by atoms with Crippen LogP contribution in [-0.4, -0.2) is 5.16 Å². The Bertz CT molecular complexity index is 273. The van der Waals surface area contributed by atoms with Crippen LogP contribution in [0.3, 0.4) is 0 Å². The maximum Gasteiger partial charge on any atom is 0.159 e. The van der Waals surface area contributed by atoms with Crippen LogP contribution in [0.15, 0.2) is 4.52 Å². The zero-order valence-corrected chi connectivity index (χ0v) is 4.77. The highest BCUT2D eigenvalue weighted by molar-refractivity contribution is 5.10. The highest BCUT2D eigenvalue weighted by atomic mass is 16.5. The van der Waals surface area contributed by atoms with E-state index in [2.05, 4.69) is 22.8 Å². The molecule has 0 atom stereocenters. The Morgan fingerprint density at radius 1 is 1.50 bits per heavy atom. The molecule has 8 heavy (non-hydrogen) atoms. The predicted molar refractivity (Wildman–Crippen MR) is 31.5 cm³/mol. The van der Waals surface area contributed by atoms with Crippen LogP contribution in [0.2, 0.25) is 0 Å². The van der Waals surface area contributed by atoms with Gasteiger partial charge in [0.2, 0.25) is 0 Å². The molecule has 0 fully saturated rings. The molecule has 2 nitrogen and oxygen atoms in total. The van der Waals surface area contributed by atoms with Crippen molar-refractivity contribution >= 4 is 13.2 Å². The third-order valence-corrected chi connectivity index (χ3v) is 1.07. The summed E-state index contributed by atoms with van der Waals surface area (Å²) in [6.45, 7) is 9.04. The Morgan fingerprint density at radius 2 is 2.12 bits per heavy atom. The summed E-state index contributed by atoms with van der Waals surface area (Å²) in [5.74, 6) is 0. The summed E-state index contributed by atoms with van der Waals surface area (Å²) in [4.78, 5) is 0. The van der Waals surface area contributed by atoms with Crippen LogP contribution < -0.4 is 10.6 Å². The van der Waals surface area contributed by atoms with Gasteiger partial charge in [0.25, 0.3) is 0 Å². The quantitative estimate of drug-likeness (QED) is 0.461. The second-order valence-electron chi connectivity index (χ2n) is 1.67. The average molecular weight is 109 g/mol. The van der Waals surface area contributed by atoms with Crippen molar-refractivity contribution in [3.8, 4) is 0 Å². The van der Waals surface area contributed by atoms with Crippen LogP contribution in [0.25, 0.3) is 13.2 Å². The third-order valence-electron chi connectivity index (χ3n) is 1.07. The first-order valence-corrected chi connectivity index (χ1v) is 2.32. The van der Waals surface area contributed by atoms with Crippen molar-refractivity contribution in [1.29, 1.82) is 0 Å². The van der Waals surface area contributed by atoms with E-state index in [1.54, 1.807) is 0 Å². The molecular weight excluding hydrogens is 102 g/mol. The molecule has 1 rings (SSSR count). The molecule has 0 bridgehead atoms. The fraction of sp³-hybridized carbons (Fsp3) is 0.167. The molecule has 0 aliphatic carbocycles. The summed E-state index contributed by atoms with van der Waals surface area (Å²) in [5, 5.41) is 4.41. The molecular formula is C6H7NO. The van der Waals surface area contributed by atoms with Crippen LogP contribution in [0, 0.1) is 6.92 Å². The monoisotopic (exact) mass is 109 g/mol. The van der Waals surface area contributed by atoms with E-state index in [1.807, 2.05) is 6.92 Å². The molecule has 1 aromatic rings. The van der Waals surface area contributed by atoms with Crippen molar-refractivity contribution in [3.05, 3.63) is 16.3 Å². The molecule has 0 amide bonds. The second-order valence-corrected chi connectivity index (χ2v) is 1.67. The maximum absolute atomic E-state index is 4.67. The van der Waals surface area contributed by atoms with Gasteiger partial charge in [0, 0.05) is 5.22 Å². The molecule has 0 aliphatic heterocycles. The van der Waals surface area contributed by atoms with Gasteiger partial charge < -0.3 is 4.52 Å². The lowest BCUT2D eigenvalue weighted by Crippen LogP contribution is -2.17. The summed E-state index contributed by atoms with van der Waals surface area (Å²) in [6, 6.07) is 0. The van der Waals surface area contributed by atoms with Gasteiger partial charge in [0.1, 0.15) is 0 Å². The molecule has 42 valence electrons. The Labute approximate surface area is 47.1 Å². The normalized spacial score (nSPS) is 9.62.